The van der Waals surface area contributed by atoms with E-state index in [4.69, 9.17) is 0 Å². The van der Waals surface area contributed by atoms with Crippen molar-refractivity contribution in [1.29, 1.82) is 0 Å². The van der Waals surface area contributed by atoms with Gasteiger partial charge in [0, 0.05) is 11.8 Å². The number of barbiturate groups is 1. The SMILES string of the molecule is CC(C)CCC1(CC(=O)C(C)(C)C)C(=O)NC(=O)NC1=O. The quantitative estimate of drug-likeness (QED) is 0.756. The molecule has 0 unspecified atom stereocenters. The fourth-order valence-corrected chi connectivity index (χ4v) is 2.13. The Balaban J connectivity index is 3.11. The van der Waals surface area contributed by atoms with Crippen molar-refractivity contribution in [3.63, 3.8) is 0 Å². The number of rotatable bonds is 5. The first-order valence-corrected chi connectivity index (χ1v) is 7.19. The number of carbonyl (C=O) groups is 4. The summed E-state index contributed by atoms with van der Waals surface area (Å²) in [7, 11) is 0. The van der Waals surface area contributed by atoms with Crippen LogP contribution >= 0.6 is 0 Å². The number of urea groups is 1. The minimum absolute atomic E-state index is 0.175. The van der Waals surface area contributed by atoms with Crippen LogP contribution in [0.3, 0.4) is 0 Å². The zero-order valence-corrected chi connectivity index (χ0v) is 13.3. The van der Waals surface area contributed by atoms with Crippen molar-refractivity contribution in [2.24, 2.45) is 16.7 Å². The minimum Gasteiger partial charge on any atom is -0.299 e. The van der Waals surface area contributed by atoms with Crippen molar-refractivity contribution in [3.05, 3.63) is 0 Å². The van der Waals surface area contributed by atoms with Crippen LogP contribution in [0.5, 0.6) is 0 Å². The van der Waals surface area contributed by atoms with Gasteiger partial charge in [0.05, 0.1) is 0 Å². The molecule has 0 radical (unpaired) electrons. The number of hydrogen-bond donors (Lipinski definition) is 2. The van der Waals surface area contributed by atoms with Crippen LogP contribution < -0.4 is 10.6 Å². The molecule has 1 aliphatic rings. The number of ketones is 1. The lowest BCUT2D eigenvalue weighted by Crippen LogP contribution is -2.63. The fourth-order valence-electron chi connectivity index (χ4n) is 2.13. The maximum atomic E-state index is 12.3. The molecule has 0 spiro atoms. The van der Waals surface area contributed by atoms with Gasteiger partial charge in [0.25, 0.3) is 0 Å². The smallest absolute Gasteiger partial charge is 0.299 e. The number of nitrogens with one attached hydrogen (secondary N) is 2. The molecule has 0 bridgehead atoms. The van der Waals surface area contributed by atoms with Gasteiger partial charge >= 0.3 is 6.03 Å². The van der Waals surface area contributed by atoms with Gasteiger partial charge in [0.1, 0.15) is 11.2 Å². The largest absolute Gasteiger partial charge is 0.328 e. The van der Waals surface area contributed by atoms with Gasteiger partial charge in [0.15, 0.2) is 0 Å². The topological polar surface area (TPSA) is 92.3 Å². The summed E-state index contributed by atoms with van der Waals surface area (Å²) in [6.07, 6.45) is 0.679. The monoisotopic (exact) mass is 296 g/mol. The summed E-state index contributed by atoms with van der Waals surface area (Å²) in [6, 6.07) is -0.826. The normalized spacial score (nSPS) is 18.5. The molecule has 0 aromatic carbocycles. The molecule has 0 aromatic heterocycles. The van der Waals surface area contributed by atoms with E-state index in [1.165, 1.54) is 0 Å². The summed E-state index contributed by atoms with van der Waals surface area (Å²) >= 11 is 0. The van der Waals surface area contributed by atoms with E-state index >= 15 is 0 Å². The Kier molecular flexibility index (Phi) is 4.91. The molecule has 0 aromatic rings. The van der Waals surface area contributed by atoms with Crippen LogP contribution in [0.2, 0.25) is 0 Å². The van der Waals surface area contributed by atoms with Crippen molar-refractivity contribution < 1.29 is 19.2 Å². The van der Waals surface area contributed by atoms with Crippen molar-refractivity contribution in [2.45, 2.75) is 53.9 Å². The first kappa shape index (κ1) is 17.3. The molecule has 1 aliphatic heterocycles. The lowest BCUT2D eigenvalue weighted by Gasteiger charge is -2.35. The zero-order valence-electron chi connectivity index (χ0n) is 13.3. The second-order valence-electron chi connectivity index (χ2n) is 7.10. The van der Waals surface area contributed by atoms with E-state index in [1.54, 1.807) is 20.8 Å². The summed E-state index contributed by atoms with van der Waals surface area (Å²) in [6.45, 7) is 9.19. The molecule has 21 heavy (non-hydrogen) atoms. The number of imide groups is 2. The maximum Gasteiger partial charge on any atom is 0.328 e. The first-order chi connectivity index (χ1) is 9.49. The highest BCUT2D eigenvalue weighted by Crippen LogP contribution is 2.35. The third-order valence-electron chi connectivity index (χ3n) is 3.77. The van der Waals surface area contributed by atoms with E-state index < -0.39 is 28.7 Å². The highest BCUT2D eigenvalue weighted by Gasteiger charge is 2.52. The van der Waals surface area contributed by atoms with Crippen LogP contribution in [-0.2, 0) is 14.4 Å². The number of hydrogen-bond acceptors (Lipinski definition) is 4. The van der Waals surface area contributed by atoms with Crippen molar-refractivity contribution in [3.8, 4) is 0 Å². The highest BCUT2D eigenvalue weighted by atomic mass is 16.2. The molecule has 6 nitrogen and oxygen atoms in total. The molecule has 1 rings (SSSR count). The summed E-state index contributed by atoms with van der Waals surface area (Å²) in [5.41, 5.74) is -2.13. The molecular formula is C15H24N2O4. The van der Waals surface area contributed by atoms with Gasteiger partial charge in [0.2, 0.25) is 11.8 Å². The van der Waals surface area contributed by atoms with Crippen LogP contribution in [0.15, 0.2) is 0 Å². The molecule has 1 fully saturated rings. The lowest BCUT2D eigenvalue weighted by atomic mass is 9.71. The van der Waals surface area contributed by atoms with Crippen LogP contribution in [0, 0.1) is 16.7 Å². The Morgan fingerprint density at radius 2 is 1.57 bits per heavy atom. The highest BCUT2D eigenvalue weighted by molar-refractivity contribution is 6.20. The van der Waals surface area contributed by atoms with Crippen LogP contribution in [0.4, 0.5) is 4.79 Å². The average molecular weight is 296 g/mol. The van der Waals surface area contributed by atoms with Crippen LogP contribution in [0.1, 0.15) is 53.9 Å². The summed E-state index contributed by atoms with van der Waals surface area (Å²) in [4.78, 5) is 48.1. The van der Waals surface area contributed by atoms with Gasteiger partial charge in [-0.25, -0.2) is 4.79 Å². The second kappa shape index (κ2) is 5.95. The number of Topliss-reactive ketones (excluding diaryl/α,β-unsaturated/α-hetero) is 1. The van der Waals surface area contributed by atoms with Gasteiger partial charge in [-0.15, -0.1) is 0 Å². The molecule has 0 atom stereocenters. The van der Waals surface area contributed by atoms with Crippen LogP contribution in [-0.4, -0.2) is 23.6 Å². The van der Waals surface area contributed by atoms with E-state index in [9.17, 15) is 19.2 Å². The Hall–Kier alpha value is -1.72. The Morgan fingerprint density at radius 3 is 1.95 bits per heavy atom. The van der Waals surface area contributed by atoms with Gasteiger partial charge in [-0.2, -0.15) is 0 Å². The third kappa shape index (κ3) is 3.89. The van der Waals surface area contributed by atoms with Gasteiger partial charge in [-0.3, -0.25) is 25.0 Å². The molecule has 1 heterocycles. The van der Waals surface area contributed by atoms with Crippen LogP contribution in [0.25, 0.3) is 0 Å². The third-order valence-corrected chi connectivity index (χ3v) is 3.77. The fraction of sp³-hybridized carbons (Fsp3) is 0.733. The standard InChI is InChI=1S/C15H24N2O4/c1-9(2)6-7-15(8-10(18)14(3,4)5)11(19)16-13(21)17-12(15)20/h9H,6-8H2,1-5H3,(H2,16,17,19,20,21). The second-order valence-corrected chi connectivity index (χ2v) is 7.10. The van der Waals surface area contributed by atoms with E-state index in [-0.39, 0.29) is 24.5 Å². The molecule has 118 valence electrons. The van der Waals surface area contributed by atoms with Gasteiger partial charge in [-0.05, 0) is 18.8 Å². The van der Waals surface area contributed by atoms with Crippen molar-refractivity contribution >= 4 is 23.6 Å². The number of amides is 4. The number of carbonyl (C=O) groups excluding carboxylic acids is 4. The minimum atomic E-state index is -1.48. The molecule has 6 heteroatoms. The summed E-state index contributed by atoms with van der Waals surface area (Å²) in [5, 5.41) is 4.24. The van der Waals surface area contributed by atoms with E-state index in [0.29, 0.717) is 6.42 Å². The molecular weight excluding hydrogens is 272 g/mol. The van der Waals surface area contributed by atoms with E-state index in [1.807, 2.05) is 13.8 Å². The summed E-state index contributed by atoms with van der Waals surface area (Å²) in [5.74, 6) is -1.24. The first-order valence-electron chi connectivity index (χ1n) is 7.19. The molecule has 4 amide bonds. The van der Waals surface area contributed by atoms with E-state index in [0.717, 1.165) is 0 Å². The Labute approximate surface area is 125 Å². The molecule has 0 saturated carbocycles. The Morgan fingerprint density at radius 1 is 1.10 bits per heavy atom. The van der Waals surface area contributed by atoms with Crippen molar-refractivity contribution in [2.75, 3.05) is 0 Å². The van der Waals surface area contributed by atoms with Crippen molar-refractivity contribution in [1.82, 2.24) is 10.6 Å². The predicted octanol–water partition coefficient (Wildman–Crippen LogP) is 1.78. The average Bonchev–Trinajstić information content (AvgIpc) is 2.30. The zero-order chi connectivity index (χ0) is 16.4. The lowest BCUT2D eigenvalue weighted by molar-refractivity contribution is -0.150. The Bertz CT molecular complexity index is 455. The molecule has 0 aliphatic carbocycles. The van der Waals surface area contributed by atoms with Gasteiger partial charge in [-0.1, -0.05) is 34.6 Å². The van der Waals surface area contributed by atoms with E-state index in [2.05, 4.69) is 10.6 Å². The maximum absolute atomic E-state index is 12.3. The molecule has 2 N–H and O–H groups in total. The molecule has 1 saturated heterocycles. The summed E-state index contributed by atoms with van der Waals surface area (Å²) < 4.78 is 0. The van der Waals surface area contributed by atoms with Gasteiger partial charge < -0.3 is 0 Å². The predicted molar refractivity (Wildman–Crippen MR) is 77.3 cm³/mol.